The minimum Gasteiger partial charge on any atom is -0.396 e. The van der Waals surface area contributed by atoms with Crippen molar-refractivity contribution in [1.29, 1.82) is 0 Å². The first-order chi connectivity index (χ1) is 12.0. The van der Waals surface area contributed by atoms with E-state index < -0.39 is 17.7 Å². The molecule has 5 aliphatic rings. The first kappa shape index (κ1) is 18.1. The van der Waals surface area contributed by atoms with Crippen molar-refractivity contribution in [3.8, 4) is 0 Å². The Kier molecular flexibility index (Phi) is 4.88. The van der Waals surface area contributed by atoms with Crippen molar-refractivity contribution in [2.45, 2.75) is 83.3 Å². The molecular weight excluding hydrogens is 324 g/mol. The molecule has 6 heteroatoms. The fraction of sp³-hybridized carbons (Fsp3) is 1.00. The Hall–Kier alpha value is -0.240. The van der Waals surface area contributed by atoms with E-state index in [0.29, 0.717) is 24.4 Å². The summed E-state index contributed by atoms with van der Waals surface area (Å²) < 4.78 is 18.7. The molecular formula is C19H32O6. The maximum Gasteiger partial charge on any atom is 0.201 e. The van der Waals surface area contributed by atoms with Crippen LogP contribution in [0.15, 0.2) is 0 Å². The molecule has 0 radical (unpaired) electrons. The van der Waals surface area contributed by atoms with Gasteiger partial charge in [0.25, 0.3) is 0 Å². The van der Waals surface area contributed by atoms with Crippen LogP contribution in [0.25, 0.3) is 0 Å². The molecule has 144 valence electrons. The number of rotatable bonds is 5. The zero-order chi connectivity index (χ0) is 17.7. The highest BCUT2D eigenvalue weighted by atomic mass is 17.3. The number of aliphatic hydroxyl groups is 1. The van der Waals surface area contributed by atoms with Crippen LogP contribution in [0.2, 0.25) is 0 Å². The molecule has 4 heterocycles. The van der Waals surface area contributed by atoms with Crippen LogP contribution >= 0.6 is 0 Å². The first-order valence-electron chi connectivity index (χ1n) is 9.93. The molecule has 2 bridgehead atoms. The van der Waals surface area contributed by atoms with Gasteiger partial charge in [-0.25, -0.2) is 9.78 Å². The second-order valence-corrected chi connectivity index (χ2v) is 8.58. The summed E-state index contributed by atoms with van der Waals surface area (Å²) in [6.07, 6.45) is 5.01. The van der Waals surface area contributed by atoms with E-state index in [4.69, 9.17) is 29.1 Å². The number of fused-ring (bicyclic) bond motifs is 2. The van der Waals surface area contributed by atoms with E-state index in [-0.39, 0.29) is 18.8 Å². The number of hydrogen-bond donors (Lipinski definition) is 1. The summed E-state index contributed by atoms with van der Waals surface area (Å²) >= 11 is 0. The highest BCUT2D eigenvalue weighted by molar-refractivity contribution is 5.09. The minimum absolute atomic E-state index is 0.199. The van der Waals surface area contributed by atoms with Gasteiger partial charge in [0.05, 0.1) is 0 Å². The number of unbranched alkanes of at least 4 members (excludes halogenated alkanes) is 1. The Balaban J connectivity index is 1.58. The van der Waals surface area contributed by atoms with Gasteiger partial charge >= 0.3 is 0 Å². The average Bonchev–Trinajstić information content (AvgIpc) is 2.82. The summed E-state index contributed by atoms with van der Waals surface area (Å²) in [5.41, 5.74) is -0.516. The summed E-state index contributed by atoms with van der Waals surface area (Å²) in [5, 5.41) is 8.94. The maximum atomic E-state index is 8.94. The SMILES string of the molecule is C[C@@H]1CC[C@H]2[C@@H](C)C(OCCCCO)O[C@@H]3O[C@@]4(C)CC[C@@H]1[C@]32OO4. The average molecular weight is 356 g/mol. The molecule has 0 aromatic carbocycles. The topological polar surface area (TPSA) is 66.4 Å². The smallest absolute Gasteiger partial charge is 0.201 e. The Morgan fingerprint density at radius 1 is 1.08 bits per heavy atom. The van der Waals surface area contributed by atoms with E-state index >= 15 is 0 Å². The quantitative estimate of drug-likeness (QED) is 0.603. The largest absolute Gasteiger partial charge is 0.396 e. The maximum absolute atomic E-state index is 8.94. The van der Waals surface area contributed by atoms with E-state index in [1.165, 1.54) is 6.42 Å². The van der Waals surface area contributed by atoms with Crippen molar-refractivity contribution in [2.24, 2.45) is 23.7 Å². The van der Waals surface area contributed by atoms with Crippen LogP contribution in [-0.2, 0) is 24.0 Å². The van der Waals surface area contributed by atoms with Crippen molar-refractivity contribution in [1.82, 2.24) is 0 Å². The van der Waals surface area contributed by atoms with Gasteiger partial charge in [-0.1, -0.05) is 13.8 Å². The molecule has 1 N–H and O–H groups in total. The fourth-order valence-corrected chi connectivity index (χ4v) is 5.48. The van der Waals surface area contributed by atoms with Gasteiger partial charge in [0.1, 0.15) is 0 Å². The lowest BCUT2D eigenvalue weighted by molar-refractivity contribution is -0.577. The van der Waals surface area contributed by atoms with Crippen LogP contribution in [0.3, 0.4) is 0 Å². The van der Waals surface area contributed by atoms with E-state index in [1.807, 2.05) is 6.92 Å². The lowest BCUT2D eigenvalue weighted by Gasteiger charge is -2.60. The van der Waals surface area contributed by atoms with Gasteiger partial charge in [-0.3, -0.25) is 0 Å². The van der Waals surface area contributed by atoms with Gasteiger partial charge in [-0.05, 0) is 50.9 Å². The predicted octanol–water partition coefficient (Wildman–Crippen LogP) is 2.98. The van der Waals surface area contributed by atoms with Crippen LogP contribution in [-0.4, -0.2) is 42.3 Å². The van der Waals surface area contributed by atoms with E-state index in [2.05, 4.69) is 13.8 Å². The van der Waals surface area contributed by atoms with Crippen LogP contribution in [0.1, 0.15) is 59.3 Å². The number of hydrogen-bond acceptors (Lipinski definition) is 6. The number of aliphatic hydroxyl groups excluding tert-OH is 1. The van der Waals surface area contributed by atoms with Crippen LogP contribution in [0.4, 0.5) is 0 Å². The molecule has 1 spiro atoms. The van der Waals surface area contributed by atoms with Gasteiger partial charge in [-0.15, -0.1) is 0 Å². The normalized spacial score (nSPS) is 51.8. The van der Waals surface area contributed by atoms with Crippen molar-refractivity contribution in [3.63, 3.8) is 0 Å². The Labute approximate surface area is 150 Å². The first-order valence-corrected chi connectivity index (χ1v) is 9.93. The zero-order valence-electron chi connectivity index (χ0n) is 15.6. The summed E-state index contributed by atoms with van der Waals surface area (Å²) in [4.78, 5) is 11.9. The highest BCUT2D eigenvalue weighted by Gasteiger charge is 2.69. The summed E-state index contributed by atoms with van der Waals surface area (Å²) in [6, 6.07) is 0. The monoisotopic (exact) mass is 356 g/mol. The van der Waals surface area contributed by atoms with Crippen LogP contribution < -0.4 is 0 Å². The van der Waals surface area contributed by atoms with Crippen molar-refractivity contribution in [3.05, 3.63) is 0 Å². The van der Waals surface area contributed by atoms with E-state index in [0.717, 1.165) is 32.1 Å². The molecule has 1 aliphatic carbocycles. The zero-order valence-corrected chi connectivity index (χ0v) is 15.6. The van der Waals surface area contributed by atoms with E-state index in [9.17, 15) is 0 Å². The second-order valence-electron chi connectivity index (χ2n) is 8.58. The summed E-state index contributed by atoms with van der Waals surface area (Å²) in [7, 11) is 0. The lowest BCUT2D eigenvalue weighted by Crippen LogP contribution is -2.70. The van der Waals surface area contributed by atoms with E-state index in [1.54, 1.807) is 0 Å². The van der Waals surface area contributed by atoms with Crippen molar-refractivity contribution in [2.75, 3.05) is 13.2 Å². The molecule has 8 atom stereocenters. The third-order valence-electron chi connectivity index (χ3n) is 6.93. The third-order valence-corrected chi connectivity index (χ3v) is 6.93. The summed E-state index contributed by atoms with van der Waals surface area (Å²) in [5.74, 6) is 0.745. The van der Waals surface area contributed by atoms with Crippen molar-refractivity contribution >= 4 is 0 Å². The Bertz CT molecular complexity index is 487. The van der Waals surface area contributed by atoms with Crippen LogP contribution in [0.5, 0.6) is 0 Å². The number of ether oxygens (including phenoxy) is 3. The summed E-state index contributed by atoms with van der Waals surface area (Å²) in [6.45, 7) is 7.25. The third kappa shape index (κ3) is 2.86. The molecule has 5 rings (SSSR count). The van der Waals surface area contributed by atoms with Crippen LogP contribution in [0, 0.1) is 23.7 Å². The molecule has 0 aromatic rings. The molecule has 6 nitrogen and oxygen atoms in total. The lowest BCUT2D eigenvalue weighted by atomic mass is 9.58. The van der Waals surface area contributed by atoms with Gasteiger partial charge in [0.15, 0.2) is 18.2 Å². The second kappa shape index (κ2) is 6.73. The molecule has 4 aliphatic heterocycles. The van der Waals surface area contributed by atoms with Gasteiger partial charge in [0.2, 0.25) is 5.79 Å². The van der Waals surface area contributed by atoms with Gasteiger partial charge in [0, 0.05) is 31.5 Å². The standard InChI is InChI=1S/C19H32O6/c1-12-6-7-15-13(2)16(21-11-5-4-10-20)22-17-19(15)14(12)8-9-18(3,23-17)24-25-19/h12-17,20H,4-11H2,1-3H3/t12-,13-,14+,15+,16?,17-,18-,19-/m1/s1. The molecule has 1 unspecified atom stereocenters. The van der Waals surface area contributed by atoms with Gasteiger partial charge in [-0.2, -0.15) is 0 Å². The predicted molar refractivity (Wildman–Crippen MR) is 89.1 cm³/mol. The molecule has 0 amide bonds. The van der Waals surface area contributed by atoms with Gasteiger partial charge < -0.3 is 19.3 Å². The molecule has 4 saturated heterocycles. The highest BCUT2D eigenvalue weighted by Crippen LogP contribution is 2.60. The van der Waals surface area contributed by atoms with Crippen molar-refractivity contribution < 1.29 is 29.1 Å². The molecule has 25 heavy (non-hydrogen) atoms. The fourth-order valence-electron chi connectivity index (χ4n) is 5.48. The molecule has 0 aromatic heterocycles. The Morgan fingerprint density at radius 3 is 2.72 bits per heavy atom. The minimum atomic E-state index is -0.737. The Morgan fingerprint density at radius 2 is 1.92 bits per heavy atom. The molecule has 5 fully saturated rings. The molecule has 1 saturated carbocycles.